The highest BCUT2D eigenvalue weighted by Crippen LogP contribution is 2.31. The Morgan fingerprint density at radius 2 is 2.00 bits per heavy atom. The summed E-state index contributed by atoms with van der Waals surface area (Å²) < 4.78 is 0. The molecule has 4 heteroatoms. The minimum absolute atomic E-state index is 0.0181. The van der Waals surface area contributed by atoms with Crippen LogP contribution in [0, 0.1) is 5.92 Å². The number of carboxylic acid groups (broad SMARTS) is 1. The van der Waals surface area contributed by atoms with Crippen LogP contribution < -0.4 is 0 Å². The zero-order chi connectivity index (χ0) is 16.2. The van der Waals surface area contributed by atoms with Crippen molar-refractivity contribution in [3.63, 3.8) is 0 Å². The molecule has 1 saturated heterocycles. The second-order valence-electron chi connectivity index (χ2n) is 6.45. The molecule has 1 heterocycles. The summed E-state index contributed by atoms with van der Waals surface area (Å²) in [4.78, 5) is 25.6. The molecule has 1 aromatic carbocycles. The number of aryl methyl sites for hydroxylation is 1. The summed E-state index contributed by atoms with van der Waals surface area (Å²) in [6.45, 7) is 4.13. The predicted molar refractivity (Wildman–Crippen MR) is 85.5 cm³/mol. The van der Waals surface area contributed by atoms with Crippen LogP contribution in [0.25, 0.3) is 0 Å². The molecule has 2 atom stereocenters. The fraction of sp³-hybridized carbons (Fsp3) is 0.556. The number of hydrogen-bond donors (Lipinski definition) is 1. The van der Waals surface area contributed by atoms with E-state index in [1.54, 1.807) is 11.8 Å². The van der Waals surface area contributed by atoms with Crippen molar-refractivity contribution in [2.24, 2.45) is 5.92 Å². The van der Waals surface area contributed by atoms with Gasteiger partial charge >= 0.3 is 5.97 Å². The Morgan fingerprint density at radius 1 is 1.32 bits per heavy atom. The van der Waals surface area contributed by atoms with E-state index >= 15 is 0 Å². The smallest absolute Gasteiger partial charge is 0.329 e. The predicted octanol–water partition coefficient (Wildman–Crippen LogP) is 3.11. The van der Waals surface area contributed by atoms with Gasteiger partial charge in [-0.3, -0.25) is 4.79 Å². The lowest BCUT2D eigenvalue weighted by Crippen LogP contribution is -2.52. The highest BCUT2D eigenvalue weighted by molar-refractivity contribution is 5.88. The number of benzene rings is 1. The summed E-state index contributed by atoms with van der Waals surface area (Å²) in [5, 5.41) is 9.40. The molecule has 120 valence electrons. The van der Waals surface area contributed by atoms with Gasteiger partial charge in [0.25, 0.3) is 0 Å². The molecule has 1 aliphatic rings. The van der Waals surface area contributed by atoms with Crippen LogP contribution >= 0.6 is 0 Å². The third kappa shape index (κ3) is 3.49. The Hall–Kier alpha value is -1.84. The van der Waals surface area contributed by atoms with Crippen molar-refractivity contribution in [3.8, 4) is 0 Å². The first-order valence-corrected chi connectivity index (χ1v) is 8.04. The molecule has 0 spiro atoms. The number of likely N-dealkylation sites (tertiary alicyclic amines) is 1. The quantitative estimate of drug-likeness (QED) is 0.878. The van der Waals surface area contributed by atoms with E-state index in [0.29, 0.717) is 13.0 Å². The maximum absolute atomic E-state index is 12.6. The Morgan fingerprint density at radius 3 is 2.64 bits per heavy atom. The monoisotopic (exact) mass is 303 g/mol. The van der Waals surface area contributed by atoms with Gasteiger partial charge in [0, 0.05) is 12.5 Å². The highest BCUT2D eigenvalue weighted by atomic mass is 16.4. The van der Waals surface area contributed by atoms with Crippen molar-refractivity contribution in [2.75, 3.05) is 6.54 Å². The number of nitrogens with zero attached hydrogens (tertiary/aromatic N) is 1. The first-order valence-electron chi connectivity index (χ1n) is 8.04. The van der Waals surface area contributed by atoms with Crippen LogP contribution in [0.5, 0.6) is 0 Å². The molecular weight excluding hydrogens is 278 g/mol. The van der Waals surface area contributed by atoms with Gasteiger partial charge in [-0.05, 0) is 44.6 Å². The molecule has 1 N–H and O–H groups in total. The summed E-state index contributed by atoms with van der Waals surface area (Å²) in [5.74, 6) is -1.04. The molecular formula is C18H25NO3. The number of carbonyl (C=O) groups excluding carboxylic acids is 1. The molecule has 0 aliphatic carbocycles. The topological polar surface area (TPSA) is 57.6 Å². The maximum atomic E-state index is 12.6. The van der Waals surface area contributed by atoms with Gasteiger partial charge in [0.2, 0.25) is 5.91 Å². The van der Waals surface area contributed by atoms with E-state index in [0.717, 1.165) is 25.7 Å². The van der Waals surface area contributed by atoms with Crippen molar-refractivity contribution in [2.45, 2.75) is 51.5 Å². The van der Waals surface area contributed by atoms with Gasteiger partial charge in [-0.2, -0.15) is 0 Å². The van der Waals surface area contributed by atoms with E-state index in [2.05, 4.69) is 12.1 Å². The number of amides is 1. The molecule has 0 bridgehead atoms. The Labute approximate surface area is 132 Å². The first-order chi connectivity index (χ1) is 10.4. The minimum Gasteiger partial charge on any atom is -0.480 e. The SMILES string of the molecule is CC(CCCc1ccccc1)C(=O)N1CCCC1(C)C(=O)O. The molecule has 0 aromatic heterocycles. The summed E-state index contributed by atoms with van der Waals surface area (Å²) in [7, 11) is 0. The number of carbonyl (C=O) groups is 2. The van der Waals surface area contributed by atoms with Gasteiger partial charge in [-0.15, -0.1) is 0 Å². The van der Waals surface area contributed by atoms with E-state index in [9.17, 15) is 14.7 Å². The molecule has 0 saturated carbocycles. The zero-order valence-electron chi connectivity index (χ0n) is 13.4. The van der Waals surface area contributed by atoms with Crippen molar-refractivity contribution >= 4 is 11.9 Å². The van der Waals surface area contributed by atoms with E-state index in [-0.39, 0.29) is 11.8 Å². The van der Waals surface area contributed by atoms with Crippen LogP contribution in [-0.4, -0.2) is 34.0 Å². The third-order valence-electron chi connectivity index (χ3n) is 4.73. The lowest BCUT2D eigenvalue weighted by atomic mass is 9.95. The Bertz CT molecular complexity index is 528. The molecule has 1 aromatic rings. The second kappa shape index (κ2) is 6.95. The standard InChI is InChI=1S/C18H25NO3/c1-14(8-6-11-15-9-4-3-5-10-15)16(20)19-13-7-12-18(19,2)17(21)22/h3-5,9-10,14H,6-8,11-13H2,1-2H3,(H,21,22). The zero-order valence-corrected chi connectivity index (χ0v) is 13.4. The minimum atomic E-state index is -1.02. The Balaban J connectivity index is 1.88. The van der Waals surface area contributed by atoms with E-state index in [1.807, 2.05) is 25.1 Å². The van der Waals surface area contributed by atoms with Gasteiger partial charge in [0.05, 0.1) is 0 Å². The van der Waals surface area contributed by atoms with Crippen LogP contribution in [0.15, 0.2) is 30.3 Å². The summed E-state index contributed by atoms with van der Waals surface area (Å²) in [5.41, 5.74) is 0.254. The first kappa shape index (κ1) is 16.5. The summed E-state index contributed by atoms with van der Waals surface area (Å²) >= 11 is 0. The van der Waals surface area contributed by atoms with E-state index in [4.69, 9.17) is 0 Å². The Kier molecular flexibility index (Phi) is 5.22. The number of hydrogen-bond acceptors (Lipinski definition) is 2. The van der Waals surface area contributed by atoms with E-state index in [1.165, 1.54) is 5.56 Å². The van der Waals surface area contributed by atoms with Gasteiger partial charge in [0.1, 0.15) is 5.54 Å². The number of rotatable bonds is 6. The fourth-order valence-corrected chi connectivity index (χ4v) is 3.19. The largest absolute Gasteiger partial charge is 0.480 e. The molecule has 2 rings (SSSR count). The molecule has 0 radical (unpaired) electrons. The molecule has 22 heavy (non-hydrogen) atoms. The van der Waals surface area contributed by atoms with Crippen LogP contribution in [0.1, 0.15) is 45.1 Å². The molecule has 1 amide bonds. The third-order valence-corrected chi connectivity index (χ3v) is 4.73. The van der Waals surface area contributed by atoms with Crippen LogP contribution in [0.3, 0.4) is 0 Å². The molecule has 4 nitrogen and oxygen atoms in total. The fourth-order valence-electron chi connectivity index (χ4n) is 3.19. The van der Waals surface area contributed by atoms with Gasteiger partial charge < -0.3 is 10.0 Å². The van der Waals surface area contributed by atoms with Crippen molar-refractivity contribution < 1.29 is 14.7 Å². The van der Waals surface area contributed by atoms with Gasteiger partial charge in [0.15, 0.2) is 0 Å². The average molecular weight is 303 g/mol. The molecule has 2 unspecified atom stereocenters. The van der Waals surface area contributed by atoms with Gasteiger partial charge in [-0.25, -0.2) is 4.79 Å². The number of aliphatic carboxylic acids is 1. The van der Waals surface area contributed by atoms with Crippen LogP contribution in [0.4, 0.5) is 0 Å². The van der Waals surface area contributed by atoms with Crippen molar-refractivity contribution in [1.29, 1.82) is 0 Å². The average Bonchev–Trinajstić information content (AvgIpc) is 2.91. The molecule has 1 fully saturated rings. The number of carboxylic acids is 1. The summed E-state index contributed by atoms with van der Waals surface area (Å²) in [6, 6.07) is 10.2. The lowest BCUT2D eigenvalue weighted by Gasteiger charge is -2.33. The van der Waals surface area contributed by atoms with Gasteiger partial charge in [-0.1, -0.05) is 37.3 Å². The normalized spacial score (nSPS) is 22.5. The van der Waals surface area contributed by atoms with Crippen molar-refractivity contribution in [1.82, 2.24) is 4.90 Å². The lowest BCUT2D eigenvalue weighted by molar-refractivity contribution is -0.156. The highest BCUT2D eigenvalue weighted by Gasteiger charge is 2.46. The maximum Gasteiger partial charge on any atom is 0.329 e. The molecule has 1 aliphatic heterocycles. The van der Waals surface area contributed by atoms with Crippen LogP contribution in [0.2, 0.25) is 0 Å². The van der Waals surface area contributed by atoms with Crippen molar-refractivity contribution in [3.05, 3.63) is 35.9 Å². The van der Waals surface area contributed by atoms with Crippen LogP contribution in [-0.2, 0) is 16.0 Å². The van der Waals surface area contributed by atoms with E-state index < -0.39 is 11.5 Å². The second-order valence-corrected chi connectivity index (χ2v) is 6.45. The summed E-state index contributed by atoms with van der Waals surface area (Å²) in [6.07, 6.45) is 4.00.